The minimum atomic E-state index is -3.94. The Morgan fingerprint density at radius 1 is 1.24 bits per heavy atom. The van der Waals surface area contributed by atoms with Gasteiger partial charge in [0.2, 0.25) is 0 Å². The van der Waals surface area contributed by atoms with E-state index < -0.39 is 15.8 Å². The van der Waals surface area contributed by atoms with E-state index in [2.05, 4.69) is 4.72 Å². The number of benzene rings is 2. The predicted octanol–water partition coefficient (Wildman–Crippen LogP) is 2.87. The van der Waals surface area contributed by atoms with E-state index in [1.807, 2.05) is 0 Å². The lowest BCUT2D eigenvalue weighted by molar-refractivity contribution is 0.414. The van der Waals surface area contributed by atoms with E-state index in [4.69, 9.17) is 22.1 Å². The summed E-state index contributed by atoms with van der Waals surface area (Å²) in [6.45, 7) is 0. The molecule has 0 fully saturated rings. The van der Waals surface area contributed by atoms with Crippen LogP contribution in [0.25, 0.3) is 0 Å². The van der Waals surface area contributed by atoms with Crippen molar-refractivity contribution in [3.63, 3.8) is 0 Å². The van der Waals surface area contributed by atoms with Crippen LogP contribution in [0.15, 0.2) is 41.3 Å². The topological polar surface area (TPSA) is 81.4 Å². The molecule has 0 spiro atoms. The molecule has 0 saturated heterocycles. The number of methoxy groups -OCH3 is 1. The van der Waals surface area contributed by atoms with E-state index in [9.17, 15) is 12.8 Å². The van der Waals surface area contributed by atoms with Gasteiger partial charge < -0.3 is 10.5 Å². The fourth-order valence-corrected chi connectivity index (χ4v) is 2.95. The Kier molecular flexibility index (Phi) is 4.24. The molecule has 2 rings (SSSR count). The number of ether oxygens (including phenoxy) is 1. The Morgan fingerprint density at radius 2 is 1.95 bits per heavy atom. The second kappa shape index (κ2) is 5.79. The van der Waals surface area contributed by atoms with E-state index in [0.29, 0.717) is 5.75 Å². The van der Waals surface area contributed by atoms with Gasteiger partial charge in [0.15, 0.2) is 0 Å². The summed E-state index contributed by atoms with van der Waals surface area (Å²) in [4.78, 5) is -0.126. The molecule has 112 valence electrons. The molecule has 0 aromatic heterocycles. The molecule has 0 aliphatic rings. The van der Waals surface area contributed by atoms with Gasteiger partial charge in [0, 0.05) is 6.07 Å². The fraction of sp³-hybridized carbons (Fsp3) is 0.0769. The molecule has 0 saturated carbocycles. The van der Waals surface area contributed by atoms with Gasteiger partial charge in [0.05, 0.1) is 23.5 Å². The number of anilines is 2. The number of nitrogens with two attached hydrogens (primary N) is 1. The van der Waals surface area contributed by atoms with E-state index in [0.717, 1.165) is 6.07 Å². The lowest BCUT2D eigenvalue weighted by atomic mass is 10.3. The number of sulfonamides is 1. The zero-order chi connectivity index (χ0) is 15.6. The number of hydrogen-bond acceptors (Lipinski definition) is 4. The van der Waals surface area contributed by atoms with Gasteiger partial charge in [-0.1, -0.05) is 11.6 Å². The van der Waals surface area contributed by atoms with Gasteiger partial charge in [-0.25, -0.2) is 12.8 Å². The predicted molar refractivity (Wildman–Crippen MR) is 79.6 cm³/mol. The molecule has 0 atom stereocenters. The fourth-order valence-electron chi connectivity index (χ4n) is 1.67. The van der Waals surface area contributed by atoms with E-state index in [1.165, 1.54) is 37.4 Å². The molecule has 2 aromatic carbocycles. The van der Waals surface area contributed by atoms with Crippen LogP contribution in [0.5, 0.6) is 5.75 Å². The Hall–Kier alpha value is -1.99. The first-order valence-corrected chi connectivity index (χ1v) is 7.61. The highest BCUT2D eigenvalue weighted by Gasteiger charge is 2.18. The molecular weight excluding hydrogens is 319 g/mol. The first kappa shape index (κ1) is 15.4. The molecule has 0 aliphatic carbocycles. The van der Waals surface area contributed by atoms with Crippen LogP contribution >= 0.6 is 11.6 Å². The zero-order valence-corrected chi connectivity index (χ0v) is 12.5. The largest absolute Gasteiger partial charge is 0.497 e. The Labute approximate surface area is 126 Å². The third-order valence-electron chi connectivity index (χ3n) is 2.68. The van der Waals surface area contributed by atoms with Gasteiger partial charge in [0.25, 0.3) is 10.0 Å². The van der Waals surface area contributed by atoms with Gasteiger partial charge in [-0.15, -0.1) is 0 Å². The number of halogens is 2. The van der Waals surface area contributed by atoms with Crippen LogP contribution in [-0.2, 0) is 10.0 Å². The normalized spacial score (nSPS) is 11.2. The SMILES string of the molecule is COc1ccc(S(=O)(=O)Nc2ccc(Cl)c(F)c2)c(N)c1. The molecule has 0 bridgehead atoms. The smallest absolute Gasteiger partial charge is 0.263 e. The minimum Gasteiger partial charge on any atom is -0.497 e. The first-order valence-electron chi connectivity index (χ1n) is 5.75. The quantitative estimate of drug-likeness (QED) is 0.845. The van der Waals surface area contributed by atoms with Crippen LogP contribution in [0.4, 0.5) is 15.8 Å². The van der Waals surface area contributed by atoms with Crippen molar-refractivity contribution >= 4 is 33.0 Å². The number of rotatable bonds is 4. The van der Waals surface area contributed by atoms with Crippen molar-refractivity contribution in [2.75, 3.05) is 17.6 Å². The number of nitrogens with one attached hydrogen (secondary N) is 1. The molecule has 5 nitrogen and oxygen atoms in total. The van der Waals surface area contributed by atoms with Crippen molar-refractivity contribution in [1.82, 2.24) is 0 Å². The number of nitrogen functional groups attached to an aromatic ring is 1. The highest BCUT2D eigenvalue weighted by atomic mass is 35.5. The summed E-state index contributed by atoms with van der Waals surface area (Å²) in [6.07, 6.45) is 0. The van der Waals surface area contributed by atoms with E-state index >= 15 is 0 Å². The molecule has 0 radical (unpaired) electrons. The Bertz CT molecular complexity index is 781. The van der Waals surface area contributed by atoms with Crippen LogP contribution in [-0.4, -0.2) is 15.5 Å². The third kappa shape index (κ3) is 3.37. The number of hydrogen-bond donors (Lipinski definition) is 2. The second-order valence-electron chi connectivity index (χ2n) is 4.14. The molecule has 8 heteroatoms. The van der Waals surface area contributed by atoms with E-state index in [1.54, 1.807) is 0 Å². The van der Waals surface area contributed by atoms with Gasteiger partial charge in [0.1, 0.15) is 16.5 Å². The van der Waals surface area contributed by atoms with Crippen molar-refractivity contribution in [3.05, 3.63) is 47.2 Å². The van der Waals surface area contributed by atoms with Gasteiger partial charge in [-0.05, 0) is 30.3 Å². The maximum atomic E-state index is 13.3. The average molecular weight is 331 g/mol. The molecule has 0 amide bonds. The Morgan fingerprint density at radius 3 is 2.52 bits per heavy atom. The van der Waals surface area contributed by atoms with Crippen molar-refractivity contribution < 1.29 is 17.5 Å². The standard InChI is InChI=1S/C13H12ClFN2O3S/c1-20-9-3-5-13(12(16)7-9)21(18,19)17-8-2-4-10(14)11(15)6-8/h2-7,17H,16H2,1H3. The zero-order valence-electron chi connectivity index (χ0n) is 10.9. The van der Waals surface area contributed by atoms with Crippen LogP contribution in [0.1, 0.15) is 0 Å². The van der Waals surface area contributed by atoms with Gasteiger partial charge >= 0.3 is 0 Å². The summed E-state index contributed by atoms with van der Waals surface area (Å²) in [5, 5.41) is -0.0955. The molecule has 3 N–H and O–H groups in total. The first-order chi connectivity index (χ1) is 9.83. The maximum absolute atomic E-state index is 13.3. The molecule has 0 unspecified atom stereocenters. The maximum Gasteiger partial charge on any atom is 0.263 e. The summed E-state index contributed by atoms with van der Waals surface area (Å²) in [5.41, 5.74) is 5.77. The lowest BCUT2D eigenvalue weighted by Crippen LogP contribution is -2.15. The minimum absolute atomic E-state index is 0.0243. The van der Waals surface area contributed by atoms with E-state index in [-0.39, 0.29) is 21.3 Å². The van der Waals surface area contributed by atoms with Crippen LogP contribution in [0.3, 0.4) is 0 Å². The van der Waals surface area contributed by atoms with Gasteiger partial charge in [-0.2, -0.15) is 0 Å². The molecular formula is C13H12ClFN2O3S. The molecule has 2 aromatic rings. The third-order valence-corrected chi connectivity index (χ3v) is 4.44. The highest BCUT2D eigenvalue weighted by Crippen LogP contribution is 2.26. The molecule has 0 heterocycles. The summed E-state index contributed by atoms with van der Waals surface area (Å²) < 4.78 is 45.0. The van der Waals surface area contributed by atoms with Crippen LogP contribution in [0, 0.1) is 5.82 Å². The summed E-state index contributed by atoms with van der Waals surface area (Å²) in [6, 6.07) is 7.75. The summed E-state index contributed by atoms with van der Waals surface area (Å²) in [5.74, 6) is -0.288. The summed E-state index contributed by atoms with van der Waals surface area (Å²) >= 11 is 5.54. The molecule has 21 heavy (non-hydrogen) atoms. The van der Waals surface area contributed by atoms with Crippen molar-refractivity contribution in [3.8, 4) is 5.75 Å². The second-order valence-corrected chi connectivity index (χ2v) is 6.20. The van der Waals surface area contributed by atoms with Gasteiger partial charge in [-0.3, -0.25) is 4.72 Å². The van der Waals surface area contributed by atoms with Crippen molar-refractivity contribution in [1.29, 1.82) is 0 Å². The monoisotopic (exact) mass is 330 g/mol. The van der Waals surface area contributed by atoms with Crippen molar-refractivity contribution in [2.45, 2.75) is 4.90 Å². The average Bonchev–Trinajstić information content (AvgIpc) is 2.42. The lowest BCUT2D eigenvalue weighted by Gasteiger charge is -2.11. The summed E-state index contributed by atoms with van der Waals surface area (Å²) in [7, 11) is -2.50. The van der Waals surface area contributed by atoms with Crippen molar-refractivity contribution in [2.24, 2.45) is 0 Å². The highest BCUT2D eigenvalue weighted by molar-refractivity contribution is 7.92. The van der Waals surface area contributed by atoms with Crippen LogP contribution < -0.4 is 15.2 Å². The Balaban J connectivity index is 2.36. The molecule has 0 aliphatic heterocycles. The van der Waals surface area contributed by atoms with Crippen LogP contribution in [0.2, 0.25) is 5.02 Å².